The molecular weight excluding hydrogens is 168 g/mol. The Morgan fingerprint density at radius 3 is 2.42 bits per heavy atom. The number of phenols is 1. The third kappa shape index (κ3) is 2.01. The Labute approximate surface area is 74.4 Å². The van der Waals surface area contributed by atoms with Gasteiger partial charge in [0.25, 0.3) is 0 Å². The molecule has 0 atom stereocenters. The average molecular weight is 181 g/mol. The van der Waals surface area contributed by atoms with Gasteiger partial charge in [0.05, 0.1) is 15.9 Å². The van der Waals surface area contributed by atoms with Gasteiger partial charge in [-0.15, -0.1) is 0 Å². The number of hydrogen-bond donors (Lipinski definition) is 1. The highest BCUT2D eigenvalue weighted by atomic mass is 28.3. The second kappa shape index (κ2) is 3.63. The van der Waals surface area contributed by atoms with Crippen molar-refractivity contribution in [2.45, 2.75) is 13.1 Å². The molecule has 0 fully saturated rings. The van der Waals surface area contributed by atoms with Crippen LogP contribution in [0.4, 0.5) is 0 Å². The zero-order chi connectivity index (χ0) is 9.14. The van der Waals surface area contributed by atoms with E-state index in [2.05, 4.69) is 13.1 Å². The molecule has 0 heterocycles. The molecule has 0 aliphatic rings. The molecule has 1 aromatic carbocycles. The van der Waals surface area contributed by atoms with Crippen molar-refractivity contribution < 1.29 is 9.84 Å². The SMILES string of the molecule is COc1cc(O)cc([Si](C)C)c1. The summed E-state index contributed by atoms with van der Waals surface area (Å²) in [7, 11) is 1.10. The van der Waals surface area contributed by atoms with Crippen LogP contribution in [0.2, 0.25) is 13.1 Å². The Morgan fingerprint density at radius 2 is 1.92 bits per heavy atom. The molecular formula is C9H13O2Si. The van der Waals surface area contributed by atoms with Gasteiger partial charge in [0.1, 0.15) is 11.5 Å². The van der Waals surface area contributed by atoms with Crippen molar-refractivity contribution in [1.82, 2.24) is 0 Å². The highest BCUT2D eigenvalue weighted by Gasteiger charge is 2.04. The van der Waals surface area contributed by atoms with Crippen LogP contribution in [0.3, 0.4) is 0 Å². The maximum absolute atomic E-state index is 9.31. The minimum Gasteiger partial charge on any atom is -0.508 e. The number of methoxy groups -OCH3 is 1. The molecule has 0 aromatic heterocycles. The first-order chi connectivity index (χ1) is 5.63. The van der Waals surface area contributed by atoms with Crippen LogP contribution in [0.5, 0.6) is 11.5 Å². The molecule has 3 heteroatoms. The third-order valence-electron chi connectivity index (χ3n) is 1.70. The number of phenolic OH excluding ortho intramolecular Hbond substituents is 1. The number of aromatic hydroxyl groups is 1. The van der Waals surface area contributed by atoms with Gasteiger partial charge in [-0.1, -0.05) is 18.3 Å². The summed E-state index contributed by atoms with van der Waals surface area (Å²) in [6.07, 6.45) is 0. The monoisotopic (exact) mass is 181 g/mol. The van der Waals surface area contributed by atoms with E-state index in [1.54, 1.807) is 19.2 Å². The molecule has 0 unspecified atom stereocenters. The molecule has 0 amide bonds. The second-order valence-electron chi connectivity index (χ2n) is 2.92. The first-order valence-corrected chi connectivity index (χ1v) is 6.32. The molecule has 0 aliphatic carbocycles. The third-order valence-corrected chi connectivity index (χ3v) is 3.15. The molecule has 0 saturated carbocycles. The zero-order valence-corrected chi connectivity index (χ0v) is 8.59. The van der Waals surface area contributed by atoms with Gasteiger partial charge in [0.15, 0.2) is 0 Å². The van der Waals surface area contributed by atoms with Crippen molar-refractivity contribution in [3.05, 3.63) is 18.2 Å². The van der Waals surface area contributed by atoms with Gasteiger partial charge in [-0.2, -0.15) is 0 Å². The summed E-state index contributed by atoms with van der Waals surface area (Å²) in [4.78, 5) is 0. The first-order valence-electron chi connectivity index (χ1n) is 3.82. The average Bonchev–Trinajstić information content (AvgIpc) is 2.03. The standard InChI is InChI=1S/C9H13O2Si/c1-11-8-4-7(10)5-9(6-8)12(2)3/h4-6,10H,1-3H3. The van der Waals surface area contributed by atoms with E-state index >= 15 is 0 Å². The van der Waals surface area contributed by atoms with Gasteiger partial charge < -0.3 is 9.84 Å². The molecule has 0 bridgehead atoms. The lowest BCUT2D eigenvalue weighted by Crippen LogP contribution is -2.22. The summed E-state index contributed by atoms with van der Waals surface area (Å²) in [5.41, 5.74) is 0. The minimum atomic E-state index is -0.506. The summed E-state index contributed by atoms with van der Waals surface area (Å²) in [5, 5.41) is 10.5. The second-order valence-corrected chi connectivity index (χ2v) is 5.50. The van der Waals surface area contributed by atoms with Crippen LogP contribution in [-0.2, 0) is 0 Å². The number of benzene rings is 1. The molecule has 0 spiro atoms. The van der Waals surface area contributed by atoms with E-state index < -0.39 is 8.80 Å². The highest BCUT2D eigenvalue weighted by Crippen LogP contribution is 2.16. The van der Waals surface area contributed by atoms with Gasteiger partial charge in [-0.25, -0.2) is 0 Å². The zero-order valence-electron chi connectivity index (χ0n) is 7.59. The van der Waals surface area contributed by atoms with Crippen molar-refractivity contribution in [2.75, 3.05) is 7.11 Å². The van der Waals surface area contributed by atoms with E-state index in [1.165, 1.54) is 5.19 Å². The summed E-state index contributed by atoms with van der Waals surface area (Å²) < 4.78 is 5.04. The van der Waals surface area contributed by atoms with E-state index in [-0.39, 0.29) is 5.75 Å². The van der Waals surface area contributed by atoms with Gasteiger partial charge in [0, 0.05) is 6.07 Å². The van der Waals surface area contributed by atoms with Crippen LogP contribution < -0.4 is 9.92 Å². The van der Waals surface area contributed by atoms with Crippen molar-refractivity contribution in [3.8, 4) is 11.5 Å². The van der Waals surface area contributed by atoms with Crippen molar-refractivity contribution in [2.24, 2.45) is 0 Å². The van der Waals surface area contributed by atoms with Crippen LogP contribution in [-0.4, -0.2) is 21.0 Å². The molecule has 1 N–H and O–H groups in total. The van der Waals surface area contributed by atoms with E-state index in [9.17, 15) is 5.11 Å². The Morgan fingerprint density at radius 1 is 1.25 bits per heavy atom. The predicted molar refractivity (Wildman–Crippen MR) is 51.8 cm³/mol. The van der Waals surface area contributed by atoms with Crippen LogP contribution in [0.1, 0.15) is 0 Å². The largest absolute Gasteiger partial charge is 0.508 e. The summed E-state index contributed by atoms with van der Waals surface area (Å²) in [6.45, 7) is 4.36. The molecule has 0 aliphatic heterocycles. The van der Waals surface area contributed by atoms with E-state index in [0.29, 0.717) is 0 Å². The quantitative estimate of drug-likeness (QED) is 0.698. The summed E-state index contributed by atoms with van der Waals surface area (Å²) in [5.74, 6) is 1.02. The topological polar surface area (TPSA) is 29.5 Å². The van der Waals surface area contributed by atoms with Gasteiger partial charge in [0.2, 0.25) is 0 Å². The van der Waals surface area contributed by atoms with Crippen LogP contribution in [0.25, 0.3) is 0 Å². The molecule has 2 nitrogen and oxygen atoms in total. The number of rotatable bonds is 2. The van der Waals surface area contributed by atoms with Crippen LogP contribution in [0, 0.1) is 0 Å². The van der Waals surface area contributed by atoms with Crippen molar-refractivity contribution in [3.63, 3.8) is 0 Å². The van der Waals surface area contributed by atoms with E-state index in [0.717, 1.165) is 5.75 Å². The maximum atomic E-state index is 9.31. The Balaban J connectivity index is 3.06. The Bertz CT molecular complexity index is 271. The molecule has 65 valence electrons. The van der Waals surface area contributed by atoms with Crippen molar-refractivity contribution in [1.29, 1.82) is 0 Å². The van der Waals surface area contributed by atoms with Crippen LogP contribution >= 0.6 is 0 Å². The van der Waals surface area contributed by atoms with E-state index in [4.69, 9.17) is 4.74 Å². The molecule has 1 radical (unpaired) electrons. The Kier molecular flexibility index (Phi) is 2.76. The Hall–Kier alpha value is -0.963. The van der Waals surface area contributed by atoms with Gasteiger partial charge in [-0.05, 0) is 12.1 Å². The normalized spacial score (nSPS) is 10.3. The smallest absolute Gasteiger partial charge is 0.122 e. The van der Waals surface area contributed by atoms with E-state index in [1.807, 2.05) is 6.07 Å². The lowest BCUT2D eigenvalue weighted by molar-refractivity contribution is 0.408. The lowest BCUT2D eigenvalue weighted by Gasteiger charge is -2.07. The maximum Gasteiger partial charge on any atom is 0.122 e. The van der Waals surface area contributed by atoms with Crippen LogP contribution in [0.15, 0.2) is 18.2 Å². The lowest BCUT2D eigenvalue weighted by atomic mass is 10.3. The predicted octanol–water partition coefficient (Wildman–Crippen LogP) is 1.36. The minimum absolute atomic E-state index is 0.288. The number of hydrogen-bond acceptors (Lipinski definition) is 2. The first kappa shape index (κ1) is 9.13. The fourth-order valence-corrected chi connectivity index (χ4v) is 1.86. The molecule has 1 aromatic rings. The number of ether oxygens (including phenoxy) is 1. The molecule has 0 saturated heterocycles. The fourth-order valence-electron chi connectivity index (χ4n) is 0.990. The highest BCUT2D eigenvalue weighted by molar-refractivity contribution is 6.70. The summed E-state index contributed by atoms with van der Waals surface area (Å²) in [6, 6.07) is 5.40. The van der Waals surface area contributed by atoms with Gasteiger partial charge in [-0.3, -0.25) is 0 Å². The molecule has 12 heavy (non-hydrogen) atoms. The fraction of sp³-hybridized carbons (Fsp3) is 0.333. The van der Waals surface area contributed by atoms with Crippen molar-refractivity contribution >= 4 is 14.0 Å². The summed E-state index contributed by atoms with van der Waals surface area (Å²) >= 11 is 0. The van der Waals surface area contributed by atoms with Gasteiger partial charge >= 0.3 is 0 Å². The molecule has 1 rings (SSSR count).